The number of carbonyl (C=O) groups excluding carboxylic acids is 4. The van der Waals surface area contributed by atoms with Gasteiger partial charge in [0.15, 0.2) is 0 Å². The molecule has 2 aromatic heterocycles. The minimum atomic E-state index is -1.77. The van der Waals surface area contributed by atoms with Crippen molar-refractivity contribution < 1.29 is 23.9 Å². The molecule has 2 aliphatic heterocycles. The number of nitrogens with one attached hydrogen (secondary N) is 2. The lowest BCUT2D eigenvalue weighted by Crippen LogP contribution is -2.59. The van der Waals surface area contributed by atoms with Crippen LogP contribution >= 0.6 is 11.3 Å². The molecule has 0 saturated carbocycles. The average molecular weight is 509 g/mol. The number of primary amides is 1. The molecule has 0 radical (unpaired) electrons. The van der Waals surface area contributed by atoms with E-state index in [-0.39, 0.29) is 30.5 Å². The highest BCUT2D eigenvalue weighted by atomic mass is 32.1. The van der Waals surface area contributed by atoms with Gasteiger partial charge in [-0.1, -0.05) is 12.1 Å². The van der Waals surface area contributed by atoms with E-state index in [4.69, 9.17) is 10.5 Å². The standard InChI is InChI=1S/C24H24N6O5S/c1-24(22(33)28-16-5-3-4-6-18(16)35-24)23(34)30-10-15(14-8-26-29(2)9-14)17(11-30)27-21(32)19-7-13(12-36-19)20(25)31/h3-9,12,15,17H,10-11H2,1-2H3,(H2,25,31)(H,27,32)(H,28,33)/t15-,17+,24?/m0/s1. The predicted octanol–water partition coefficient (Wildman–Crippen LogP) is 1.09. The number of aromatic nitrogens is 2. The quantitative estimate of drug-likeness (QED) is 0.440. The maximum atomic E-state index is 13.7. The van der Waals surface area contributed by atoms with Gasteiger partial charge in [0, 0.05) is 37.6 Å². The molecule has 36 heavy (non-hydrogen) atoms. The first-order chi connectivity index (χ1) is 17.2. The van der Waals surface area contributed by atoms with Crippen LogP contribution in [0.2, 0.25) is 0 Å². The van der Waals surface area contributed by atoms with Crippen molar-refractivity contribution >= 4 is 40.7 Å². The minimum Gasteiger partial charge on any atom is -0.466 e. The minimum absolute atomic E-state index is 0.159. The van der Waals surface area contributed by atoms with E-state index in [9.17, 15) is 19.2 Å². The van der Waals surface area contributed by atoms with E-state index in [0.29, 0.717) is 16.3 Å². The van der Waals surface area contributed by atoms with Gasteiger partial charge in [-0.05, 0) is 30.7 Å². The lowest BCUT2D eigenvalue weighted by atomic mass is 9.97. The third-order valence-corrected chi connectivity index (χ3v) is 7.40. The van der Waals surface area contributed by atoms with Crippen LogP contribution in [-0.4, -0.2) is 63.0 Å². The largest absolute Gasteiger partial charge is 0.466 e. The fourth-order valence-corrected chi connectivity index (χ4v) is 5.32. The third-order valence-electron chi connectivity index (χ3n) is 6.48. The first kappa shape index (κ1) is 23.5. The van der Waals surface area contributed by atoms with E-state index >= 15 is 0 Å². The lowest BCUT2D eigenvalue weighted by molar-refractivity contribution is -0.153. The number of amides is 4. The zero-order valence-electron chi connectivity index (χ0n) is 19.6. The van der Waals surface area contributed by atoms with Gasteiger partial charge in [0.2, 0.25) is 5.91 Å². The molecule has 1 aromatic carbocycles. The molecule has 1 unspecified atom stereocenters. The number of nitrogens with two attached hydrogens (primary N) is 1. The molecule has 4 heterocycles. The molecular weight excluding hydrogens is 484 g/mol. The number of likely N-dealkylation sites (tertiary alicyclic amines) is 1. The summed E-state index contributed by atoms with van der Waals surface area (Å²) < 4.78 is 7.56. The molecule has 1 saturated heterocycles. The van der Waals surface area contributed by atoms with E-state index in [1.165, 1.54) is 23.3 Å². The summed E-state index contributed by atoms with van der Waals surface area (Å²) in [5, 5.41) is 11.5. The van der Waals surface area contributed by atoms with E-state index in [1.54, 1.807) is 42.2 Å². The summed E-state index contributed by atoms with van der Waals surface area (Å²) in [5.41, 5.74) is 5.13. The molecule has 12 heteroatoms. The highest BCUT2D eigenvalue weighted by molar-refractivity contribution is 7.12. The van der Waals surface area contributed by atoms with Crippen molar-refractivity contribution in [2.45, 2.75) is 24.5 Å². The topological polar surface area (TPSA) is 149 Å². The molecule has 0 spiro atoms. The Balaban J connectivity index is 1.39. The van der Waals surface area contributed by atoms with E-state index < -0.39 is 29.4 Å². The van der Waals surface area contributed by atoms with Crippen molar-refractivity contribution in [1.29, 1.82) is 0 Å². The van der Waals surface area contributed by atoms with Gasteiger partial charge in [-0.15, -0.1) is 11.3 Å². The Hall–Kier alpha value is -4.19. The summed E-state index contributed by atoms with van der Waals surface area (Å²) in [4.78, 5) is 52.9. The van der Waals surface area contributed by atoms with Crippen LogP contribution in [0.3, 0.4) is 0 Å². The van der Waals surface area contributed by atoms with Crippen LogP contribution in [0.1, 0.15) is 38.4 Å². The van der Waals surface area contributed by atoms with Crippen LogP contribution < -0.4 is 21.1 Å². The van der Waals surface area contributed by atoms with Crippen molar-refractivity contribution in [2.24, 2.45) is 12.8 Å². The molecule has 4 amide bonds. The van der Waals surface area contributed by atoms with Crippen molar-refractivity contribution in [2.75, 3.05) is 18.4 Å². The fourth-order valence-electron chi connectivity index (χ4n) is 4.52. The van der Waals surface area contributed by atoms with Crippen LogP contribution in [0.25, 0.3) is 0 Å². The van der Waals surface area contributed by atoms with Crippen LogP contribution in [-0.2, 0) is 16.6 Å². The van der Waals surface area contributed by atoms with Crippen molar-refractivity contribution in [3.63, 3.8) is 0 Å². The van der Waals surface area contributed by atoms with Crippen molar-refractivity contribution in [3.05, 3.63) is 64.1 Å². The van der Waals surface area contributed by atoms with Crippen LogP contribution in [0.5, 0.6) is 5.75 Å². The highest BCUT2D eigenvalue weighted by Gasteiger charge is 2.52. The number of rotatable bonds is 5. The molecule has 3 aromatic rings. The number of anilines is 1. The number of hydrogen-bond donors (Lipinski definition) is 3. The lowest BCUT2D eigenvalue weighted by Gasteiger charge is -2.35. The summed E-state index contributed by atoms with van der Waals surface area (Å²) in [6, 6.07) is 7.89. The number of ether oxygens (including phenoxy) is 1. The Morgan fingerprint density at radius 3 is 2.75 bits per heavy atom. The fraction of sp³-hybridized carbons (Fsp3) is 0.292. The molecule has 0 aliphatic carbocycles. The van der Waals surface area contributed by atoms with Gasteiger partial charge in [0.25, 0.3) is 23.3 Å². The number of fused-ring (bicyclic) bond motifs is 1. The van der Waals surface area contributed by atoms with E-state index in [2.05, 4.69) is 15.7 Å². The van der Waals surface area contributed by atoms with Gasteiger partial charge < -0.3 is 26.0 Å². The molecular formula is C24H24N6O5S. The molecule has 0 bridgehead atoms. The second-order valence-corrected chi connectivity index (χ2v) is 9.90. The van der Waals surface area contributed by atoms with Crippen molar-refractivity contribution in [3.8, 4) is 5.75 Å². The molecule has 186 valence electrons. The van der Waals surface area contributed by atoms with Crippen LogP contribution in [0.15, 0.2) is 48.1 Å². The number of thiophene rings is 1. The summed E-state index contributed by atoms with van der Waals surface area (Å²) >= 11 is 1.11. The Morgan fingerprint density at radius 1 is 1.28 bits per heavy atom. The number of benzene rings is 1. The van der Waals surface area contributed by atoms with E-state index in [0.717, 1.165) is 16.9 Å². The molecule has 1 fully saturated rings. The predicted molar refractivity (Wildman–Crippen MR) is 131 cm³/mol. The SMILES string of the molecule is Cn1cc([C@@H]2CN(C(=O)C3(C)Oc4ccccc4NC3=O)C[C@H]2NC(=O)c2cc(C(N)=O)cs2)cn1. The zero-order valence-corrected chi connectivity index (χ0v) is 20.4. The summed E-state index contributed by atoms with van der Waals surface area (Å²) in [6.07, 6.45) is 3.52. The van der Waals surface area contributed by atoms with Gasteiger partial charge in [-0.25, -0.2) is 0 Å². The Morgan fingerprint density at radius 2 is 2.06 bits per heavy atom. The smallest absolute Gasteiger partial charge is 0.278 e. The highest BCUT2D eigenvalue weighted by Crippen LogP contribution is 2.36. The first-order valence-electron chi connectivity index (χ1n) is 11.2. The van der Waals surface area contributed by atoms with E-state index in [1.807, 2.05) is 6.20 Å². The Kier molecular flexibility index (Phi) is 5.75. The van der Waals surface area contributed by atoms with Gasteiger partial charge in [0.1, 0.15) is 5.75 Å². The number of nitrogens with zero attached hydrogens (tertiary/aromatic N) is 3. The summed E-state index contributed by atoms with van der Waals surface area (Å²) in [7, 11) is 1.78. The second-order valence-electron chi connectivity index (χ2n) is 8.99. The molecule has 3 atom stereocenters. The summed E-state index contributed by atoms with van der Waals surface area (Å²) in [5.74, 6) is -1.93. The molecule has 2 aliphatic rings. The second kappa shape index (κ2) is 8.79. The molecule has 4 N–H and O–H groups in total. The Labute approximate surface area is 210 Å². The molecule has 5 rings (SSSR count). The number of aryl methyl sites for hydroxylation is 1. The first-order valence-corrected chi connectivity index (χ1v) is 12.1. The zero-order chi connectivity index (χ0) is 25.6. The number of para-hydroxylation sites is 2. The normalized spacial score (nSPS) is 22.9. The van der Waals surface area contributed by atoms with Crippen LogP contribution in [0, 0.1) is 0 Å². The number of carbonyl (C=O) groups is 4. The Bertz CT molecular complexity index is 1380. The van der Waals surface area contributed by atoms with Gasteiger partial charge in [-0.3, -0.25) is 23.9 Å². The third kappa shape index (κ3) is 4.09. The van der Waals surface area contributed by atoms with Gasteiger partial charge >= 0.3 is 0 Å². The summed E-state index contributed by atoms with van der Waals surface area (Å²) in [6.45, 7) is 1.86. The van der Waals surface area contributed by atoms with Crippen LogP contribution in [0.4, 0.5) is 5.69 Å². The van der Waals surface area contributed by atoms with Gasteiger partial charge in [0.05, 0.1) is 28.4 Å². The maximum Gasteiger partial charge on any atom is 0.278 e. The monoisotopic (exact) mass is 508 g/mol. The molecule has 11 nitrogen and oxygen atoms in total. The number of hydrogen-bond acceptors (Lipinski definition) is 7. The van der Waals surface area contributed by atoms with Crippen molar-refractivity contribution in [1.82, 2.24) is 20.0 Å². The maximum absolute atomic E-state index is 13.7. The van der Waals surface area contributed by atoms with Gasteiger partial charge in [-0.2, -0.15) is 5.10 Å². The average Bonchev–Trinajstić information content (AvgIpc) is 3.59.